The van der Waals surface area contributed by atoms with E-state index in [0.717, 1.165) is 22.4 Å². The molecule has 0 saturated carbocycles. The first kappa shape index (κ1) is 12.2. The van der Waals surface area contributed by atoms with Crippen LogP contribution in [0.3, 0.4) is 0 Å². The van der Waals surface area contributed by atoms with Gasteiger partial charge < -0.3 is 0 Å². The Balaban J connectivity index is 2.16. The summed E-state index contributed by atoms with van der Waals surface area (Å²) in [5.41, 5.74) is 3.17. The average Bonchev–Trinajstić information content (AvgIpc) is 2.37. The van der Waals surface area contributed by atoms with E-state index in [-0.39, 0.29) is 5.78 Å². The number of carbonyl (C=O) groups excluding carboxylic acids is 1. The lowest BCUT2D eigenvalue weighted by Crippen LogP contribution is -2.05. The third kappa shape index (κ3) is 2.88. The Morgan fingerprint density at radius 2 is 1.61 bits per heavy atom. The minimum Gasteiger partial charge on any atom is -0.289 e. The predicted molar refractivity (Wildman–Crippen MR) is 71.6 cm³/mol. The van der Waals surface area contributed by atoms with Crippen molar-refractivity contribution in [2.45, 2.75) is 13.8 Å². The monoisotopic (exact) mass is 238 g/mol. The molecule has 0 unspecified atom stereocenters. The topological polar surface area (TPSA) is 41.8 Å². The molecule has 90 valence electrons. The van der Waals surface area contributed by atoms with E-state index in [2.05, 4.69) is 10.2 Å². The van der Waals surface area contributed by atoms with Crippen LogP contribution in [-0.2, 0) is 4.79 Å². The molecule has 0 amide bonds. The van der Waals surface area contributed by atoms with Crippen LogP contribution in [0.1, 0.15) is 13.8 Å². The molecule has 0 spiro atoms. The molecule has 0 radical (unpaired) electrons. The summed E-state index contributed by atoms with van der Waals surface area (Å²) in [7, 11) is 0. The molecule has 0 N–H and O–H groups in total. The first-order chi connectivity index (χ1) is 8.66. The van der Waals surface area contributed by atoms with E-state index in [9.17, 15) is 4.79 Å². The Morgan fingerprint density at radius 1 is 1.00 bits per heavy atom. The molecule has 1 aliphatic rings. The van der Waals surface area contributed by atoms with Crippen LogP contribution in [0.5, 0.6) is 0 Å². The number of hydrogen-bond acceptors (Lipinski definition) is 3. The summed E-state index contributed by atoms with van der Waals surface area (Å²) >= 11 is 0. The number of nitrogens with zero attached hydrogens (tertiary/aromatic N) is 2. The van der Waals surface area contributed by atoms with Crippen molar-refractivity contribution in [3.05, 3.63) is 65.4 Å². The first-order valence-electron chi connectivity index (χ1n) is 5.74. The SMILES string of the molecule is CC1=CC(=CN=Nc2ccccc2)C=C(C)C1=O. The fourth-order valence-electron chi connectivity index (χ4n) is 1.72. The highest BCUT2D eigenvalue weighted by Crippen LogP contribution is 2.18. The summed E-state index contributed by atoms with van der Waals surface area (Å²) in [4.78, 5) is 11.5. The number of ketones is 1. The van der Waals surface area contributed by atoms with E-state index in [1.165, 1.54) is 0 Å². The van der Waals surface area contributed by atoms with Gasteiger partial charge >= 0.3 is 0 Å². The Morgan fingerprint density at radius 3 is 2.22 bits per heavy atom. The summed E-state index contributed by atoms with van der Waals surface area (Å²) in [6.07, 6.45) is 5.30. The van der Waals surface area contributed by atoms with Gasteiger partial charge in [-0.25, -0.2) is 0 Å². The van der Waals surface area contributed by atoms with Gasteiger partial charge in [-0.1, -0.05) is 18.2 Å². The third-order valence-electron chi connectivity index (χ3n) is 2.62. The summed E-state index contributed by atoms with van der Waals surface area (Å²) < 4.78 is 0. The molecule has 0 heterocycles. The second kappa shape index (κ2) is 5.36. The minimum atomic E-state index is 0.0900. The summed E-state index contributed by atoms with van der Waals surface area (Å²) in [5, 5.41) is 8.10. The fraction of sp³-hybridized carbons (Fsp3) is 0.133. The van der Waals surface area contributed by atoms with Gasteiger partial charge in [-0.15, -0.1) is 0 Å². The molecule has 2 rings (SSSR count). The Kier molecular flexibility index (Phi) is 3.63. The van der Waals surface area contributed by atoms with Gasteiger partial charge in [-0.05, 0) is 54.9 Å². The zero-order valence-electron chi connectivity index (χ0n) is 10.4. The molecule has 0 aliphatic heterocycles. The Hall–Kier alpha value is -2.29. The maximum Gasteiger partial charge on any atom is 0.184 e. The molecular formula is C15H14N2O. The molecule has 1 aromatic carbocycles. The summed E-state index contributed by atoms with van der Waals surface area (Å²) in [6.45, 7) is 3.61. The Labute approximate surface area is 106 Å². The standard InChI is InChI=1S/C15H14N2O/c1-11-8-13(9-12(2)15(11)18)10-16-17-14-6-4-3-5-7-14/h3-10H,1-2H3. The van der Waals surface area contributed by atoms with Crippen molar-refractivity contribution in [1.29, 1.82) is 0 Å². The maximum absolute atomic E-state index is 11.5. The molecule has 1 aliphatic carbocycles. The van der Waals surface area contributed by atoms with Crippen molar-refractivity contribution in [2.75, 3.05) is 0 Å². The smallest absolute Gasteiger partial charge is 0.184 e. The summed E-state index contributed by atoms with van der Waals surface area (Å²) in [6, 6.07) is 9.52. The molecule has 0 fully saturated rings. The van der Waals surface area contributed by atoms with Crippen molar-refractivity contribution in [1.82, 2.24) is 0 Å². The van der Waals surface area contributed by atoms with Crippen LogP contribution in [0.15, 0.2) is 75.6 Å². The quantitative estimate of drug-likeness (QED) is 0.714. The number of rotatable bonds is 2. The van der Waals surface area contributed by atoms with E-state index in [1.54, 1.807) is 20.0 Å². The van der Waals surface area contributed by atoms with Gasteiger partial charge in [0, 0.05) is 0 Å². The van der Waals surface area contributed by atoms with Crippen molar-refractivity contribution >= 4 is 11.5 Å². The number of azo groups is 1. The highest BCUT2D eigenvalue weighted by Gasteiger charge is 2.12. The van der Waals surface area contributed by atoms with E-state index in [0.29, 0.717) is 0 Å². The molecule has 0 saturated heterocycles. The number of carbonyl (C=O) groups is 1. The van der Waals surface area contributed by atoms with Gasteiger partial charge in [-0.2, -0.15) is 10.2 Å². The molecule has 3 nitrogen and oxygen atoms in total. The van der Waals surface area contributed by atoms with Crippen molar-refractivity contribution in [3.8, 4) is 0 Å². The van der Waals surface area contributed by atoms with Crippen molar-refractivity contribution in [3.63, 3.8) is 0 Å². The maximum atomic E-state index is 11.5. The second-order valence-electron chi connectivity index (χ2n) is 4.16. The average molecular weight is 238 g/mol. The van der Waals surface area contributed by atoms with Crippen molar-refractivity contribution < 1.29 is 4.79 Å². The number of benzene rings is 1. The highest BCUT2D eigenvalue weighted by atomic mass is 16.1. The fourth-order valence-corrected chi connectivity index (χ4v) is 1.72. The third-order valence-corrected chi connectivity index (χ3v) is 2.62. The van der Waals surface area contributed by atoms with E-state index in [1.807, 2.05) is 42.5 Å². The minimum absolute atomic E-state index is 0.0900. The lowest BCUT2D eigenvalue weighted by atomic mass is 9.96. The van der Waals surface area contributed by atoms with Gasteiger partial charge in [0.25, 0.3) is 0 Å². The largest absolute Gasteiger partial charge is 0.289 e. The van der Waals surface area contributed by atoms with Gasteiger partial charge in [0.2, 0.25) is 0 Å². The van der Waals surface area contributed by atoms with E-state index in [4.69, 9.17) is 0 Å². The zero-order chi connectivity index (χ0) is 13.0. The molecular weight excluding hydrogens is 224 g/mol. The predicted octanol–water partition coefficient (Wildman–Crippen LogP) is 4.13. The van der Waals surface area contributed by atoms with Gasteiger partial charge in [0.1, 0.15) is 0 Å². The van der Waals surface area contributed by atoms with Crippen LogP contribution >= 0.6 is 0 Å². The summed E-state index contributed by atoms with van der Waals surface area (Å²) in [5.74, 6) is 0.0900. The molecule has 18 heavy (non-hydrogen) atoms. The lowest BCUT2D eigenvalue weighted by molar-refractivity contribution is -0.112. The number of allylic oxidation sites excluding steroid dienone is 5. The van der Waals surface area contributed by atoms with Crippen LogP contribution in [0.25, 0.3) is 0 Å². The zero-order valence-corrected chi connectivity index (χ0v) is 10.4. The Bertz CT molecular complexity index is 554. The molecule has 0 aromatic heterocycles. The van der Waals surface area contributed by atoms with Crippen LogP contribution < -0.4 is 0 Å². The lowest BCUT2D eigenvalue weighted by Gasteiger charge is -2.07. The molecule has 3 heteroatoms. The van der Waals surface area contributed by atoms with Crippen LogP contribution in [0.2, 0.25) is 0 Å². The molecule has 0 bridgehead atoms. The molecule has 1 aromatic rings. The van der Waals surface area contributed by atoms with Gasteiger partial charge in [-0.3, -0.25) is 4.79 Å². The second-order valence-corrected chi connectivity index (χ2v) is 4.16. The molecule has 0 atom stereocenters. The van der Waals surface area contributed by atoms with Crippen LogP contribution in [0, 0.1) is 0 Å². The number of hydrogen-bond donors (Lipinski definition) is 0. The normalized spacial score (nSPS) is 15.7. The number of Topliss-reactive ketones (excluding diaryl/α,β-unsaturated/α-hetero) is 1. The van der Waals surface area contributed by atoms with Crippen LogP contribution in [-0.4, -0.2) is 5.78 Å². The van der Waals surface area contributed by atoms with Crippen LogP contribution in [0.4, 0.5) is 5.69 Å². The highest BCUT2D eigenvalue weighted by molar-refractivity contribution is 6.09. The first-order valence-corrected chi connectivity index (χ1v) is 5.74. The van der Waals surface area contributed by atoms with Crippen molar-refractivity contribution in [2.24, 2.45) is 10.2 Å². The van der Waals surface area contributed by atoms with Gasteiger partial charge in [0.15, 0.2) is 5.78 Å². The van der Waals surface area contributed by atoms with Gasteiger partial charge in [0.05, 0.1) is 11.9 Å². The van der Waals surface area contributed by atoms with E-state index < -0.39 is 0 Å². The van der Waals surface area contributed by atoms with E-state index >= 15 is 0 Å².